The van der Waals surface area contributed by atoms with Gasteiger partial charge in [0.2, 0.25) is 0 Å². The van der Waals surface area contributed by atoms with E-state index in [0.717, 1.165) is 37.5 Å². The van der Waals surface area contributed by atoms with Gasteiger partial charge < -0.3 is 19.8 Å². The van der Waals surface area contributed by atoms with Gasteiger partial charge in [0.25, 0.3) is 0 Å². The molecule has 0 aromatic heterocycles. The second kappa shape index (κ2) is 17.9. The van der Waals surface area contributed by atoms with Crippen molar-refractivity contribution in [3.63, 3.8) is 0 Å². The molecular formula is C22H42O4S2Zn. The first-order valence-electron chi connectivity index (χ1n) is 10.6. The van der Waals surface area contributed by atoms with Crippen molar-refractivity contribution in [3.8, 4) is 0 Å². The Morgan fingerprint density at radius 3 is 1.17 bits per heavy atom. The molecule has 4 nitrogen and oxygen atoms in total. The van der Waals surface area contributed by atoms with Crippen LogP contribution in [0.25, 0.3) is 0 Å². The normalized spacial score (nSPS) is 15.0. The van der Waals surface area contributed by atoms with Gasteiger partial charge in [-0.25, -0.2) is 0 Å². The minimum atomic E-state index is -1.07. The Kier molecular flexibility index (Phi) is 20.9. The molecule has 0 spiro atoms. The maximum Gasteiger partial charge on any atom is 2.00 e. The largest absolute Gasteiger partial charge is 2.00 e. The van der Waals surface area contributed by atoms with E-state index in [2.05, 4.69) is 53.0 Å². The molecule has 29 heavy (non-hydrogen) atoms. The van der Waals surface area contributed by atoms with Gasteiger partial charge in [-0.3, -0.25) is 0 Å². The van der Waals surface area contributed by atoms with Gasteiger partial charge in [-0.15, -0.1) is 0 Å². The molecule has 0 aliphatic carbocycles. The summed E-state index contributed by atoms with van der Waals surface area (Å²) in [6.07, 6.45) is 9.98. The number of aliphatic carboxylic acids is 2. The average Bonchev–Trinajstić information content (AvgIpc) is 2.53. The molecule has 0 radical (unpaired) electrons. The van der Waals surface area contributed by atoms with E-state index in [1.54, 1.807) is 13.8 Å². The zero-order valence-corrected chi connectivity index (χ0v) is 24.2. The minimum absolute atomic E-state index is 0. The monoisotopic (exact) mass is 498 g/mol. The van der Waals surface area contributed by atoms with E-state index in [9.17, 15) is 19.8 Å². The fraction of sp³-hybridized carbons (Fsp3) is 0.909. The van der Waals surface area contributed by atoms with Crippen LogP contribution >= 0.6 is 25.3 Å². The Labute approximate surface area is 203 Å². The van der Waals surface area contributed by atoms with Gasteiger partial charge in [-0.1, -0.05) is 79.1 Å². The summed E-state index contributed by atoms with van der Waals surface area (Å²) in [6, 6.07) is 0. The Hall–Kier alpha value is 0.263. The first-order valence-corrected chi connectivity index (χ1v) is 11.5. The molecule has 0 aliphatic rings. The maximum absolute atomic E-state index is 10.6. The van der Waals surface area contributed by atoms with Gasteiger partial charge in [0, 0.05) is 9.49 Å². The zero-order valence-electron chi connectivity index (χ0n) is 19.5. The van der Waals surface area contributed by atoms with Crippen molar-refractivity contribution in [2.24, 2.45) is 11.8 Å². The number of carbonyl (C=O) groups excluding carboxylic acids is 2. The summed E-state index contributed by atoms with van der Waals surface area (Å²) in [4.78, 5) is 21.2. The van der Waals surface area contributed by atoms with Crippen molar-refractivity contribution in [1.29, 1.82) is 0 Å². The third-order valence-electron chi connectivity index (χ3n) is 4.77. The van der Waals surface area contributed by atoms with Crippen molar-refractivity contribution >= 4 is 37.2 Å². The summed E-state index contributed by atoms with van der Waals surface area (Å²) in [5.74, 6) is -0.661. The average molecular weight is 500 g/mol. The summed E-state index contributed by atoms with van der Waals surface area (Å²) >= 11 is 8.12. The number of thiol groups is 2. The summed E-state index contributed by atoms with van der Waals surface area (Å²) < 4.78 is -1.92. The smallest absolute Gasteiger partial charge is 0.549 e. The van der Waals surface area contributed by atoms with Gasteiger partial charge in [0.1, 0.15) is 0 Å². The zero-order chi connectivity index (χ0) is 22.4. The summed E-state index contributed by atoms with van der Waals surface area (Å²) in [6.45, 7) is 12.0. The molecule has 0 saturated heterocycles. The van der Waals surface area contributed by atoms with Crippen LogP contribution in [0.15, 0.2) is 0 Å². The molecule has 0 rings (SSSR count). The SMILES string of the molecule is CC(C)CCCCCC(C)(S)C(=O)[O-].CC(C)CCCCCC(C)(S)C(=O)[O-].[Zn+2]. The van der Waals surface area contributed by atoms with Crippen LogP contribution < -0.4 is 10.2 Å². The minimum Gasteiger partial charge on any atom is -0.549 e. The van der Waals surface area contributed by atoms with E-state index in [4.69, 9.17) is 0 Å². The van der Waals surface area contributed by atoms with E-state index in [-0.39, 0.29) is 19.5 Å². The topological polar surface area (TPSA) is 80.3 Å². The molecule has 2 atom stereocenters. The predicted molar refractivity (Wildman–Crippen MR) is 121 cm³/mol. The van der Waals surface area contributed by atoms with E-state index in [1.807, 2.05) is 0 Å². The number of hydrogen-bond donors (Lipinski definition) is 2. The van der Waals surface area contributed by atoms with Crippen molar-refractivity contribution in [2.45, 2.75) is 115 Å². The Morgan fingerprint density at radius 1 is 0.690 bits per heavy atom. The second-order valence-electron chi connectivity index (χ2n) is 9.11. The van der Waals surface area contributed by atoms with Crippen molar-refractivity contribution in [2.75, 3.05) is 0 Å². The van der Waals surface area contributed by atoms with E-state index >= 15 is 0 Å². The molecule has 0 bridgehead atoms. The van der Waals surface area contributed by atoms with Crippen molar-refractivity contribution in [1.82, 2.24) is 0 Å². The molecule has 0 aliphatic heterocycles. The molecule has 168 valence electrons. The van der Waals surface area contributed by atoms with Crippen LogP contribution in [0.3, 0.4) is 0 Å². The second-order valence-corrected chi connectivity index (χ2v) is 11.1. The molecule has 0 amide bonds. The number of carboxylic acids is 2. The Balaban J connectivity index is -0.000000451. The van der Waals surface area contributed by atoms with Crippen molar-refractivity contribution in [3.05, 3.63) is 0 Å². The third-order valence-corrected chi connectivity index (χ3v) is 5.58. The molecule has 0 N–H and O–H groups in total. The standard InChI is InChI=1S/2C11H22O2S.Zn/c2*1-9(2)7-5-4-6-8-11(3,14)10(12)13;/h2*9,14H,4-8H2,1-3H3,(H,12,13);/q;;+2/p-2. The molecule has 0 aromatic carbocycles. The number of carbonyl (C=O) groups is 2. The van der Waals surface area contributed by atoms with Crippen molar-refractivity contribution < 1.29 is 39.3 Å². The Bertz CT molecular complexity index is 399. The first-order chi connectivity index (χ1) is 12.7. The molecular weight excluding hydrogens is 458 g/mol. The summed E-state index contributed by atoms with van der Waals surface area (Å²) in [7, 11) is 0. The fourth-order valence-electron chi connectivity index (χ4n) is 2.60. The van der Waals surface area contributed by atoms with Crippen LogP contribution in [-0.4, -0.2) is 21.4 Å². The summed E-state index contributed by atoms with van der Waals surface area (Å²) in [5.41, 5.74) is 0. The van der Waals surface area contributed by atoms with E-state index in [1.165, 1.54) is 25.7 Å². The number of hydrogen-bond acceptors (Lipinski definition) is 6. The number of unbranched alkanes of at least 4 members (excludes halogenated alkanes) is 4. The summed E-state index contributed by atoms with van der Waals surface area (Å²) in [5, 5.41) is 21.2. The van der Waals surface area contributed by atoms with Crippen LogP contribution in [0.1, 0.15) is 106 Å². The van der Waals surface area contributed by atoms with Gasteiger partial charge in [-0.05, 0) is 38.5 Å². The van der Waals surface area contributed by atoms with Crippen LogP contribution in [0.4, 0.5) is 0 Å². The quantitative estimate of drug-likeness (QED) is 0.214. The maximum atomic E-state index is 10.6. The van der Waals surface area contributed by atoms with Crippen LogP contribution in [0.5, 0.6) is 0 Å². The van der Waals surface area contributed by atoms with E-state index < -0.39 is 21.4 Å². The van der Waals surface area contributed by atoms with Crippen LogP contribution in [0.2, 0.25) is 0 Å². The first kappa shape index (κ1) is 33.9. The van der Waals surface area contributed by atoms with Crippen LogP contribution in [-0.2, 0) is 29.1 Å². The molecule has 7 heteroatoms. The molecule has 0 saturated carbocycles. The van der Waals surface area contributed by atoms with Gasteiger partial charge >= 0.3 is 19.5 Å². The van der Waals surface area contributed by atoms with Gasteiger partial charge in [0.05, 0.1) is 11.9 Å². The van der Waals surface area contributed by atoms with Crippen LogP contribution in [0, 0.1) is 11.8 Å². The number of rotatable bonds is 14. The third kappa shape index (κ3) is 21.3. The molecule has 0 fully saturated rings. The predicted octanol–water partition coefficient (Wildman–Crippen LogP) is 4.06. The van der Waals surface area contributed by atoms with Gasteiger partial charge in [-0.2, -0.15) is 25.3 Å². The Morgan fingerprint density at radius 2 is 0.966 bits per heavy atom. The van der Waals surface area contributed by atoms with Gasteiger partial charge in [0.15, 0.2) is 0 Å². The fourth-order valence-corrected chi connectivity index (χ4v) is 2.92. The molecule has 0 aromatic rings. The number of carboxylic acid groups (broad SMARTS) is 2. The molecule has 2 unspecified atom stereocenters. The van der Waals surface area contributed by atoms with E-state index in [0.29, 0.717) is 12.8 Å². The molecule has 0 heterocycles.